The van der Waals surface area contributed by atoms with Gasteiger partial charge in [0.25, 0.3) is 5.56 Å². The number of H-pyrrole nitrogens is 1. The molecule has 6 heteroatoms. The second-order valence-electron chi connectivity index (χ2n) is 5.71. The number of nitrogens with one attached hydrogen (secondary N) is 1. The smallest absolute Gasteiger partial charge is 0.276 e. The molecule has 0 saturated heterocycles. The highest BCUT2D eigenvalue weighted by atomic mass is 16.5. The van der Waals surface area contributed by atoms with Crippen LogP contribution in [0.4, 0.5) is 0 Å². The summed E-state index contributed by atoms with van der Waals surface area (Å²) < 4.78 is 12.1. The van der Waals surface area contributed by atoms with Gasteiger partial charge in [0.2, 0.25) is 0 Å². The zero-order chi connectivity index (χ0) is 17.6. The van der Waals surface area contributed by atoms with E-state index < -0.39 is 0 Å². The Morgan fingerprint density at radius 3 is 2.80 bits per heavy atom. The van der Waals surface area contributed by atoms with Crippen molar-refractivity contribution in [2.45, 2.75) is 13.3 Å². The van der Waals surface area contributed by atoms with Crippen LogP contribution in [0.5, 0.6) is 5.75 Å². The third kappa shape index (κ3) is 3.97. The van der Waals surface area contributed by atoms with Crippen molar-refractivity contribution < 1.29 is 9.47 Å². The molecule has 2 heterocycles. The van der Waals surface area contributed by atoms with Gasteiger partial charge < -0.3 is 9.47 Å². The van der Waals surface area contributed by atoms with E-state index in [1.54, 1.807) is 19.4 Å². The normalized spacial score (nSPS) is 10.8. The van der Waals surface area contributed by atoms with Gasteiger partial charge in [0.05, 0.1) is 6.61 Å². The summed E-state index contributed by atoms with van der Waals surface area (Å²) in [6.07, 6.45) is 2.20. The monoisotopic (exact) mass is 339 g/mol. The Balaban J connectivity index is 1.83. The first-order valence-corrected chi connectivity index (χ1v) is 8.11. The third-order valence-corrected chi connectivity index (χ3v) is 3.91. The molecule has 0 unspecified atom stereocenters. The minimum Gasteiger partial charge on any atom is -0.491 e. The summed E-state index contributed by atoms with van der Waals surface area (Å²) >= 11 is 0. The van der Waals surface area contributed by atoms with Crippen molar-refractivity contribution in [2.75, 3.05) is 20.3 Å². The van der Waals surface area contributed by atoms with Crippen LogP contribution in [0, 0.1) is 6.92 Å². The maximum Gasteiger partial charge on any atom is 0.276 e. The molecule has 0 aliphatic rings. The van der Waals surface area contributed by atoms with Crippen molar-refractivity contribution in [3.8, 4) is 11.6 Å². The van der Waals surface area contributed by atoms with Gasteiger partial charge in [0.15, 0.2) is 5.82 Å². The molecule has 0 aliphatic carbocycles. The van der Waals surface area contributed by atoms with Crippen LogP contribution >= 0.6 is 0 Å². The first kappa shape index (κ1) is 17.0. The van der Waals surface area contributed by atoms with Crippen LogP contribution in [-0.2, 0) is 11.2 Å². The number of ether oxygens (including phenoxy) is 2. The topological polar surface area (TPSA) is 69.1 Å². The van der Waals surface area contributed by atoms with E-state index in [9.17, 15) is 4.79 Å². The first-order chi connectivity index (χ1) is 12.2. The summed E-state index contributed by atoms with van der Waals surface area (Å²) in [5.74, 6) is 1.35. The van der Waals surface area contributed by atoms with Gasteiger partial charge >= 0.3 is 0 Å². The number of rotatable bonds is 7. The van der Waals surface area contributed by atoms with E-state index >= 15 is 0 Å². The Morgan fingerprint density at radius 2 is 2.04 bits per heavy atom. The Kier molecular flexibility index (Phi) is 5.30. The predicted molar refractivity (Wildman–Crippen MR) is 95.5 cm³/mol. The van der Waals surface area contributed by atoms with Crippen LogP contribution in [0.3, 0.4) is 0 Å². The van der Waals surface area contributed by atoms with Gasteiger partial charge in [-0.1, -0.05) is 18.2 Å². The van der Waals surface area contributed by atoms with Gasteiger partial charge in [-0.25, -0.2) is 9.67 Å². The van der Waals surface area contributed by atoms with E-state index in [1.807, 2.05) is 43.3 Å². The van der Waals surface area contributed by atoms with Gasteiger partial charge in [-0.2, -0.15) is 0 Å². The Labute approximate surface area is 146 Å². The van der Waals surface area contributed by atoms with Crippen LogP contribution in [-0.4, -0.2) is 35.1 Å². The lowest BCUT2D eigenvalue weighted by atomic mass is 10.1. The van der Waals surface area contributed by atoms with E-state index in [2.05, 4.69) is 10.1 Å². The van der Waals surface area contributed by atoms with Crippen molar-refractivity contribution in [3.05, 3.63) is 75.8 Å². The molecule has 0 saturated carbocycles. The van der Waals surface area contributed by atoms with E-state index in [0.29, 0.717) is 25.5 Å². The average Bonchev–Trinajstić information content (AvgIpc) is 2.91. The molecule has 0 radical (unpaired) electrons. The van der Waals surface area contributed by atoms with Crippen LogP contribution in [0.2, 0.25) is 0 Å². The Hall–Kier alpha value is -2.86. The molecule has 2 aromatic heterocycles. The number of hydrogen-bond donors (Lipinski definition) is 1. The van der Waals surface area contributed by atoms with E-state index in [0.717, 1.165) is 22.6 Å². The SMILES string of the molecule is COCCOc1cccc(Cc2c(C)[nH]n(-c3ccccn3)c2=O)c1. The lowest BCUT2D eigenvalue weighted by molar-refractivity contribution is 0.146. The maximum absolute atomic E-state index is 12.7. The molecule has 1 N–H and O–H groups in total. The van der Waals surface area contributed by atoms with Gasteiger partial charge in [-0.3, -0.25) is 9.89 Å². The molecule has 0 aliphatic heterocycles. The fraction of sp³-hybridized carbons (Fsp3) is 0.263. The Morgan fingerprint density at radius 1 is 1.16 bits per heavy atom. The minimum absolute atomic E-state index is 0.0816. The van der Waals surface area contributed by atoms with Crippen molar-refractivity contribution in [2.24, 2.45) is 0 Å². The number of aromatic nitrogens is 3. The average molecular weight is 339 g/mol. The second-order valence-corrected chi connectivity index (χ2v) is 5.71. The summed E-state index contributed by atoms with van der Waals surface area (Å²) in [4.78, 5) is 17.0. The van der Waals surface area contributed by atoms with E-state index in [4.69, 9.17) is 9.47 Å². The van der Waals surface area contributed by atoms with Crippen molar-refractivity contribution in [1.29, 1.82) is 0 Å². The third-order valence-electron chi connectivity index (χ3n) is 3.91. The molecule has 3 aromatic rings. The highest BCUT2D eigenvalue weighted by Gasteiger charge is 2.13. The lowest BCUT2D eigenvalue weighted by Gasteiger charge is -2.07. The molecule has 0 amide bonds. The van der Waals surface area contributed by atoms with E-state index in [-0.39, 0.29) is 5.56 Å². The van der Waals surface area contributed by atoms with Crippen LogP contribution in [0.25, 0.3) is 5.82 Å². The molecule has 0 fully saturated rings. The van der Waals surface area contributed by atoms with Crippen LogP contribution in [0.1, 0.15) is 16.8 Å². The van der Waals surface area contributed by atoms with Gasteiger partial charge in [0.1, 0.15) is 12.4 Å². The summed E-state index contributed by atoms with van der Waals surface area (Å²) in [7, 11) is 1.64. The van der Waals surface area contributed by atoms with Crippen molar-refractivity contribution in [3.63, 3.8) is 0 Å². The Bertz CT molecular complexity index is 884. The summed E-state index contributed by atoms with van der Waals surface area (Å²) in [5.41, 5.74) is 2.49. The number of aryl methyl sites for hydroxylation is 1. The second kappa shape index (κ2) is 7.81. The van der Waals surface area contributed by atoms with Gasteiger partial charge in [-0.05, 0) is 36.8 Å². The molecule has 6 nitrogen and oxygen atoms in total. The zero-order valence-electron chi connectivity index (χ0n) is 14.4. The molecule has 0 spiro atoms. The highest BCUT2D eigenvalue weighted by molar-refractivity contribution is 5.34. The standard InChI is InChI=1S/C19H21N3O3/c1-14-17(19(23)22(21-14)18-8-3-4-9-20-18)13-15-6-5-7-16(12-15)25-11-10-24-2/h3-9,12,21H,10-11,13H2,1-2H3. The number of nitrogens with zero attached hydrogens (tertiary/aromatic N) is 2. The summed E-state index contributed by atoms with van der Waals surface area (Å²) in [6, 6.07) is 13.2. The molecular formula is C19H21N3O3. The minimum atomic E-state index is -0.0816. The van der Waals surface area contributed by atoms with Gasteiger partial charge in [-0.15, -0.1) is 0 Å². The number of methoxy groups -OCH3 is 1. The number of pyridine rings is 1. The van der Waals surface area contributed by atoms with Crippen molar-refractivity contribution in [1.82, 2.24) is 14.8 Å². The largest absolute Gasteiger partial charge is 0.491 e. The quantitative estimate of drug-likeness (QED) is 0.672. The lowest BCUT2D eigenvalue weighted by Crippen LogP contribution is -2.18. The molecule has 1 aromatic carbocycles. The fourth-order valence-corrected chi connectivity index (χ4v) is 2.63. The summed E-state index contributed by atoms with van der Waals surface area (Å²) in [6.45, 7) is 2.93. The molecule has 0 atom stereocenters. The molecular weight excluding hydrogens is 318 g/mol. The number of hydrogen-bond acceptors (Lipinski definition) is 4. The number of benzene rings is 1. The predicted octanol–water partition coefficient (Wildman–Crippen LogP) is 2.49. The van der Waals surface area contributed by atoms with Crippen LogP contribution in [0.15, 0.2) is 53.5 Å². The zero-order valence-corrected chi connectivity index (χ0v) is 14.4. The van der Waals surface area contributed by atoms with Crippen molar-refractivity contribution >= 4 is 0 Å². The molecule has 0 bridgehead atoms. The maximum atomic E-state index is 12.7. The summed E-state index contributed by atoms with van der Waals surface area (Å²) in [5, 5.41) is 3.10. The highest BCUT2D eigenvalue weighted by Crippen LogP contribution is 2.17. The number of aromatic amines is 1. The molecule has 3 rings (SSSR count). The van der Waals surface area contributed by atoms with Gasteiger partial charge in [0, 0.05) is 31.0 Å². The van der Waals surface area contributed by atoms with Crippen LogP contribution < -0.4 is 10.3 Å². The first-order valence-electron chi connectivity index (χ1n) is 8.11. The fourth-order valence-electron chi connectivity index (χ4n) is 2.63. The van der Waals surface area contributed by atoms with E-state index in [1.165, 1.54) is 4.68 Å². The molecule has 25 heavy (non-hydrogen) atoms. The molecule has 130 valence electrons.